The minimum Gasteiger partial charge on any atom is -0.339 e. The summed E-state index contributed by atoms with van der Waals surface area (Å²) >= 11 is 4.27. The maximum absolute atomic E-state index is 12.5. The number of rotatable bonds is 3. The zero-order valence-electron chi connectivity index (χ0n) is 11.6. The third-order valence-electron chi connectivity index (χ3n) is 3.96. The number of hydrogen-bond acceptors (Lipinski definition) is 2. The summed E-state index contributed by atoms with van der Waals surface area (Å²) in [6.45, 7) is 3.12. The summed E-state index contributed by atoms with van der Waals surface area (Å²) in [7, 11) is 0. The van der Waals surface area contributed by atoms with Gasteiger partial charge in [0, 0.05) is 17.5 Å². The maximum atomic E-state index is 12.5. The molecule has 1 aliphatic heterocycles. The highest BCUT2D eigenvalue weighted by molar-refractivity contribution is 7.80. The van der Waals surface area contributed by atoms with Crippen LogP contribution >= 0.6 is 12.6 Å². The van der Waals surface area contributed by atoms with Crippen LogP contribution in [0.5, 0.6) is 0 Å². The number of benzene rings is 1. The Labute approximate surface area is 121 Å². The second-order valence-electron chi connectivity index (χ2n) is 5.34. The Hall–Kier alpha value is -0.960. The quantitative estimate of drug-likeness (QED) is 0.835. The Bertz CT molecular complexity index is 415. The van der Waals surface area contributed by atoms with Crippen molar-refractivity contribution in [2.24, 2.45) is 0 Å². The monoisotopic (exact) mass is 277 g/mol. The zero-order valence-corrected chi connectivity index (χ0v) is 12.5. The van der Waals surface area contributed by atoms with Crippen molar-refractivity contribution in [3.63, 3.8) is 0 Å². The molecular formula is C16H23NOS. The van der Waals surface area contributed by atoms with Gasteiger partial charge in [0.15, 0.2) is 0 Å². The maximum Gasteiger partial charge on any atom is 0.227 e. The van der Waals surface area contributed by atoms with E-state index in [4.69, 9.17) is 0 Å². The smallest absolute Gasteiger partial charge is 0.227 e. The first-order valence-electron chi connectivity index (χ1n) is 7.28. The van der Waals surface area contributed by atoms with Crippen molar-refractivity contribution in [1.29, 1.82) is 0 Å². The Kier molecular flexibility index (Phi) is 5.32. The molecule has 0 aliphatic carbocycles. The molecular weight excluding hydrogens is 254 g/mol. The predicted molar refractivity (Wildman–Crippen MR) is 81.7 cm³/mol. The van der Waals surface area contributed by atoms with Gasteiger partial charge in [-0.3, -0.25) is 4.79 Å². The van der Waals surface area contributed by atoms with E-state index in [2.05, 4.69) is 24.5 Å². The van der Waals surface area contributed by atoms with Gasteiger partial charge in [-0.25, -0.2) is 0 Å². The van der Waals surface area contributed by atoms with Gasteiger partial charge in [0.25, 0.3) is 0 Å². The molecule has 0 N–H and O–H groups in total. The minimum absolute atomic E-state index is 0.278. The topological polar surface area (TPSA) is 20.3 Å². The van der Waals surface area contributed by atoms with Crippen LogP contribution in [0.25, 0.3) is 0 Å². The van der Waals surface area contributed by atoms with E-state index in [0.717, 1.165) is 36.3 Å². The van der Waals surface area contributed by atoms with E-state index >= 15 is 0 Å². The van der Waals surface area contributed by atoms with Crippen LogP contribution in [0.4, 0.5) is 0 Å². The summed E-state index contributed by atoms with van der Waals surface area (Å²) in [6, 6.07) is 8.34. The number of thiol groups is 1. The Morgan fingerprint density at radius 1 is 1.26 bits per heavy atom. The molecule has 1 aromatic carbocycles. The number of likely N-dealkylation sites (tertiary alicyclic amines) is 1. The first-order chi connectivity index (χ1) is 9.20. The van der Waals surface area contributed by atoms with Crippen molar-refractivity contribution >= 4 is 18.5 Å². The molecule has 1 unspecified atom stereocenters. The molecule has 0 saturated carbocycles. The fraction of sp³-hybridized carbons (Fsp3) is 0.562. The van der Waals surface area contributed by atoms with Crippen LogP contribution in [0.2, 0.25) is 0 Å². The largest absolute Gasteiger partial charge is 0.339 e. The van der Waals surface area contributed by atoms with Gasteiger partial charge in [-0.1, -0.05) is 31.9 Å². The zero-order chi connectivity index (χ0) is 13.7. The van der Waals surface area contributed by atoms with Gasteiger partial charge < -0.3 is 4.90 Å². The Morgan fingerprint density at radius 3 is 2.68 bits per heavy atom. The number of carbonyl (C=O) groups excluding carboxylic acids is 1. The van der Waals surface area contributed by atoms with Crippen LogP contribution in [-0.4, -0.2) is 23.4 Å². The van der Waals surface area contributed by atoms with Gasteiger partial charge in [0.2, 0.25) is 5.91 Å². The van der Waals surface area contributed by atoms with Gasteiger partial charge >= 0.3 is 0 Å². The minimum atomic E-state index is 0.278. The molecule has 1 saturated heterocycles. The molecule has 0 aromatic heterocycles. The molecule has 2 rings (SSSR count). The van der Waals surface area contributed by atoms with Crippen LogP contribution in [-0.2, 0) is 11.2 Å². The molecule has 0 radical (unpaired) electrons. The van der Waals surface area contributed by atoms with Gasteiger partial charge in [0.1, 0.15) is 0 Å². The van der Waals surface area contributed by atoms with E-state index in [1.807, 2.05) is 24.3 Å². The van der Waals surface area contributed by atoms with Gasteiger partial charge in [-0.05, 0) is 37.0 Å². The fourth-order valence-corrected chi connectivity index (χ4v) is 2.97. The highest BCUT2D eigenvalue weighted by Crippen LogP contribution is 2.20. The van der Waals surface area contributed by atoms with Crippen LogP contribution in [0, 0.1) is 0 Å². The molecule has 2 nitrogen and oxygen atoms in total. The Morgan fingerprint density at radius 2 is 2.00 bits per heavy atom. The molecule has 3 heteroatoms. The SMILES string of the molecule is CCC1CCCCCN1C(=O)Cc1ccc(S)cc1. The van der Waals surface area contributed by atoms with Gasteiger partial charge in [-0.2, -0.15) is 0 Å². The summed E-state index contributed by atoms with van der Waals surface area (Å²) in [5.41, 5.74) is 1.09. The average molecular weight is 277 g/mol. The van der Waals surface area contributed by atoms with E-state index in [0.29, 0.717) is 12.5 Å². The van der Waals surface area contributed by atoms with Crippen molar-refractivity contribution in [1.82, 2.24) is 4.90 Å². The predicted octanol–water partition coefficient (Wildman–Crippen LogP) is 3.70. The van der Waals surface area contributed by atoms with Crippen molar-refractivity contribution in [3.8, 4) is 0 Å². The van der Waals surface area contributed by atoms with Crippen molar-refractivity contribution < 1.29 is 4.79 Å². The summed E-state index contributed by atoms with van der Waals surface area (Å²) in [5, 5.41) is 0. The lowest BCUT2D eigenvalue weighted by Crippen LogP contribution is -2.40. The first kappa shape index (κ1) is 14.4. The average Bonchev–Trinajstić information content (AvgIpc) is 2.66. The lowest BCUT2D eigenvalue weighted by molar-refractivity contribution is -0.132. The van der Waals surface area contributed by atoms with Gasteiger partial charge in [0.05, 0.1) is 6.42 Å². The second kappa shape index (κ2) is 6.99. The van der Waals surface area contributed by atoms with Crippen LogP contribution in [0.15, 0.2) is 29.2 Å². The number of nitrogens with zero attached hydrogens (tertiary/aromatic N) is 1. The fourth-order valence-electron chi connectivity index (χ4n) is 2.82. The van der Waals surface area contributed by atoms with Crippen LogP contribution < -0.4 is 0 Å². The van der Waals surface area contributed by atoms with E-state index in [9.17, 15) is 4.79 Å². The first-order valence-corrected chi connectivity index (χ1v) is 7.73. The summed E-state index contributed by atoms with van der Waals surface area (Å²) in [6.07, 6.45) is 6.42. The van der Waals surface area contributed by atoms with E-state index in [1.165, 1.54) is 12.8 Å². The third kappa shape index (κ3) is 4.00. The summed E-state index contributed by atoms with van der Waals surface area (Å²) < 4.78 is 0. The summed E-state index contributed by atoms with van der Waals surface area (Å²) in [4.78, 5) is 15.5. The molecule has 19 heavy (non-hydrogen) atoms. The number of carbonyl (C=O) groups is 1. The summed E-state index contributed by atoms with van der Waals surface area (Å²) in [5.74, 6) is 0.278. The molecule has 1 heterocycles. The van der Waals surface area contributed by atoms with Crippen LogP contribution in [0.3, 0.4) is 0 Å². The van der Waals surface area contributed by atoms with Crippen molar-refractivity contribution in [3.05, 3.63) is 29.8 Å². The molecule has 1 amide bonds. The van der Waals surface area contributed by atoms with Crippen LogP contribution in [0.1, 0.15) is 44.6 Å². The molecule has 1 aromatic rings. The molecule has 1 atom stereocenters. The third-order valence-corrected chi connectivity index (χ3v) is 4.26. The highest BCUT2D eigenvalue weighted by Gasteiger charge is 2.23. The lowest BCUT2D eigenvalue weighted by Gasteiger charge is -2.29. The Balaban J connectivity index is 2.02. The highest BCUT2D eigenvalue weighted by atomic mass is 32.1. The van der Waals surface area contributed by atoms with Crippen molar-refractivity contribution in [2.45, 2.75) is 56.4 Å². The van der Waals surface area contributed by atoms with Gasteiger partial charge in [-0.15, -0.1) is 12.6 Å². The van der Waals surface area contributed by atoms with E-state index < -0.39 is 0 Å². The number of hydrogen-bond donors (Lipinski definition) is 1. The van der Waals surface area contributed by atoms with E-state index in [-0.39, 0.29) is 5.91 Å². The molecule has 1 aliphatic rings. The molecule has 104 valence electrons. The number of amides is 1. The molecule has 0 spiro atoms. The standard InChI is InChI=1S/C16H23NOS/c1-2-14-6-4-3-5-11-17(14)16(18)12-13-7-9-15(19)10-8-13/h7-10,14,19H,2-6,11-12H2,1H3. The molecule has 0 bridgehead atoms. The van der Waals surface area contributed by atoms with Crippen molar-refractivity contribution in [2.75, 3.05) is 6.54 Å². The lowest BCUT2D eigenvalue weighted by atomic mass is 10.1. The molecule has 1 fully saturated rings. The second-order valence-corrected chi connectivity index (χ2v) is 5.86. The normalized spacial score (nSPS) is 20.1. The van der Waals surface area contributed by atoms with E-state index in [1.54, 1.807) is 0 Å².